The van der Waals surface area contributed by atoms with Crippen LogP contribution < -0.4 is 4.90 Å². The molecule has 7 heteroatoms. The number of anilines is 1. The standard InChI is InChI=1S/C24H25NO6/c1-4-12-31-24(30)16-6-5-7-17(13-16)25-20(15-8-10-18(26)11-9-15)19(21(27)14(2)3)22(28)23(25)29/h5-11,13-14,20,26,28H,4,12H2,1-3H3. The van der Waals surface area contributed by atoms with Crippen molar-refractivity contribution in [2.24, 2.45) is 5.92 Å². The predicted molar refractivity (Wildman–Crippen MR) is 115 cm³/mol. The Morgan fingerprint density at radius 1 is 1.10 bits per heavy atom. The molecule has 1 aliphatic heterocycles. The molecular weight excluding hydrogens is 398 g/mol. The number of ketones is 1. The largest absolute Gasteiger partial charge is 0.508 e. The van der Waals surface area contributed by atoms with Gasteiger partial charge in [-0.25, -0.2) is 4.79 Å². The normalized spacial score (nSPS) is 16.2. The summed E-state index contributed by atoms with van der Waals surface area (Å²) in [5.41, 5.74) is 1.13. The third kappa shape index (κ3) is 4.30. The van der Waals surface area contributed by atoms with Crippen molar-refractivity contribution in [1.29, 1.82) is 0 Å². The molecular formula is C24H25NO6. The number of aliphatic hydroxyl groups is 1. The fourth-order valence-corrected chi connectivity index (χ4v) is 3.47. The van der Waals surface area contributed by atoms with E-state index in [1.54, 1.807) is 44.2 Å². The number of amides is 1. The molecule has 0 fully saturated rings. The van der Waals surface area contributed by atoms with Gasteiger partial charge in [-0.05, 0) is 42.3 Å². The molecule has 2 aromatic rings. The van der Waals surface area contributed by atoms with Crippen molar-refractivity contribution in [2.75, 3.05) is 11.5 Å². The summed E-state index contributed by atoms with van der Waals surface area (Å²) in [6, 6.07) is 11.5. The number of benzene rings is 2. The third-order valence-electron chi connectivity index (χ3n) is 5.00. The van der Waals surface area contributed by atoms with Crippen LogP contribution in [0.3, 0.4) is 0 Å². The van der Waals surface area contributed by atoms with Crippen molar-refractivity contribution in [3.8, 4) is 5.75 Å². The highest BCUT2D eigenvalue weighted by molar-refractivity contribution is 6.17. The summed E-state index contributed by atoms with van der Waals surface area (Å²) in [6.07, 6.45) is 0.678. The van der Waals surface area contributed by atoms with E-state index < -0.39 is 29.6 Å². The topological polar surface area (TPSA) is 104 Å². The van der Waals surface area contributed by atoms with Crippen LogP contribution in [0, 0.1) is 5.92 Å². The SMILES string of the molecule is CCCOC(=O)c1cccc(N2C(=O)C(O)=C(C(=O)C(C)C)C2c2ccc(O)cc2)c1. The van der Waals surface area contributed by atoms with Gasteiger partial charge in [0.15, 0.2) is 11.5 Å². The van der Waals surface area contributed by atoms with E-state index in [9.17, 15) is 24.6 Å². The van der Waals surface area contributed by atoms with E-state index in [0.29, 0.717) is 17.7 Å². The Bertz CT molecular complexity index is 1040. The zero-order valence-corrected chi connectivity index (χ0v) is 17.7. The lowest BCUT2D eigenvalue weighted by molar-refractivity contribution is -0.119. The summed E-state index contributed by atoms with van der Waals surface area (Å²) in [4.78, 5) is 39.5. The van der Waals surface area contributed by atoms with Gasteiger partial charge in [0, 0.05) is 11.6 Å². The molecule has 3 rings (SSSR count). The Balaban J connectivity index is 2.10. The quantitative estimate of drug-likeness (QED) is 0.650. The molecule has 0 spiro atoms. The average molecular weight is 423 g/mol. The van der Waals surface area contributed by atoms with Crippen LogP contribution in [0.25, 0.3) is 0 Å². The van der Waals surface area contributed by atoms with E-state index in [2.05, 4.69) is 0 Å². The van der Waals surface area contributed by atoms with Crippen LogP contribution in [0.4, 0.5) is 5.69 Å². The number of hydrogen-bond donors (Lipinski definition) is 2. The second-order valence-electron chi connectivity index (χ2n) is 7.64. The summed E-state index contributed by atoms with van der Waals surface area (Å²) in [5, 5.41) is 20.3. The van der Waals surface area contributed by atoms with Gasteiger partial charge in [0.05, 0.1) is 23.8 Å². The number of ether oxygens (including phenoxy) is 1. The van der Waals surface area contributed by atoms with E-state index in [1.165, 1.54) is 23.1 Å². The molecule has 0 aromatic heterocycles. The van der Waals surface area contributed by atoms with Crippen LogP contribution in [0.2, 0.25) is 0 Å². The second kappa shape index (κ2) is 9.04. The number of phenols is 1. The Labute approximate surface area is 180 Å². The van der Waals surface area contributed by atoms with E-state index in [1.807, 2.05) is 6.92 Å². The number of hydrogen-bond acceptors (Lipinski definition) is 6. The molecule has 2 aromatic carbocycles. The highest BCUT2D eigenvalue weighted by Gasteiger charge is 2.44. The Kier molecular flexibility index (Phi) is 6.44. The first-order valence-corrected chi connectivity index (χ1v) is 10.1. The lowest BCUT2D eigenvalue weighted by Gasteiger charge is -2.27. The molecule has 1 atom stereocenters. The van der Waals surface area contributed by atoms with Crippen LogP contribution in [-0.2, 0) is 14.3 Å². The Hall–Kier alpha value is -3.61. The minimum absolute atomic E-state index is 0.00958. The van der Waals surface area contributed by atoms with Crippen LogP contribution in [0.1, 0.15) is 49.2 Å². The number of aliphatic hydroxyl groups excluding tert-OH is 1. The molecule has 1 heterocycles. The highest BCUT2D eigenvalue weighted by atomic mass is 16.5. The van der Waals surface area contributed by atoms with Gasteiger partial charge in [0.25, 0.3) is 5.91 Å². The molecule has 0 radical (unpaired) electrons. The van der Waals surface area contributed by atoms with E-state index >= 15 is 0 Å². The first-order valence-electron chi connectivity index (χ1n) is 10.1. The number of Topliss-reactive ketones (excluding diaryl/α,β-unsaturated/α-hetero) is 1. The van der Waals surface area contributed by atoms with Crippen LogP contribution in [0.15, 0.2) is 59.9 Å². The first kappa shape index (κ1) is 22.1. The smallest absolute Gasteiger partial charge is 0.338 e. The summed E-state index contributed by atoms with van der Waals surface area (Å²) >= 11 is 0. The molecule has 7 nitrogen and oxygen atoms in total. The lowest BCUT2D eigenvalue weighted by Crippen LogP contribution is -2.31. The van der Waals surface area contributed by atoms with E-state index in [4.69, 9.17) is 4.74 Å². The molecule has 1 aliphatic rings. The van der Waals surface area contributed by atoms with Crippen LogP contribution >= 0.6 is 0 Å². The van der Waals surface area contributed by atoms with Crippen molar-refractivity contribution in [2.45, 2.75) is 33.2 Å². The summed E-state index contributed by atoms with van der Waals surface area (Å²) < 4.78 is 5.17. The fourth-order valence-electron chi connectivity index (χ4n) is 3.47. The van der Waals surface area contributed by atoms with Gasteiger partial charge in [-0.2, -0.15) is 0 Å². The molecule has 1 amide bonds. The molecule has 31 heavy (non-hydrogen) atoms. The molecule has 0 saturated heterocycles. The maximum absolute atomic E-state index is 13.0. The number of nitrogens with zero attached hydrogens (tertiary/aromatic N) is 1. The van der Waals surface area contributed by atoms with Gasteiger partial charge in [-0.1, -0.05) is 39.0 Å². The third-order valence-corrected chi connectivity index (χ3v) is 5.00. The van der Waals surface area contributed by atoms with Crippen molar-refractivity contribution >= 4 is 23.3 Å². The predicted octanol–water partition coefficient (Wildman–Crippen LogP) is 4.08. The summed E-state index contributed by atoms with van der Waals surface area (Å²) in [5.74, 6) is -2.64. The molecule has 2 N–H and O–H groups in total. The van der Waals surface area contributed by atoms with Gasteiger partial charge < -0.3 is 14.9 Å². The maximum atomic E-state index is 13.0. The number of esters is 1. The minimum Gasteiger partial charge on any atom is -0.508 e. The fraction of sp³-hybridized carbons (Fsp3) is 0.292. The van der Waals surface area contributed by atoms with Gasteiger partial charge in [-0.3, -0.25) is 14.5 Å². The van der Waals surface area contributed by atoms with Crippen molar-refractivity contribution in [3.05, 3.63) is 71.0 Å². The molecule has 1 unspecified atom stereocenters. The number of carbonyl (C=O) groups is 3. The van der Waals surface area contributed by atoms with Gasteiger partial charge >= 0.3 is 5.97 Å². The molecule has 0 bridgehead atoms. The molecule has 162 valence electrons. The van der Waals surface area contributed by atoms with Crippen LogP contribution in [0.5, 0.6) is 5.75 Å². The summed E-state index contributed by atoms with van der Waals surface area (Å²) in [7, 11) is 0. The van der Waals surface area contributed by atoms with E-state index in [0.717, 1.165) is 0 Å². The number of carbonyl (C=O) groups excluding carboxylic acids is 3. The van der Waals surface area contributed by atoms with Crippen molar-refractivity contribution < 1.29 is 29.3 Å². The van der Waals surface area contributed by atoms with Gasteiger partial charge in [-0.15, -0.1) is 0 Å². The Morgan fingerprint density at radius 3 is 2.39 bits per heavy atom. The maximum Gasteiger partial charge on any atom is 0.338 e. The van der Waals surface area contributed by atoms with Crippen molar-refractivity contribution in [3.63, 3.8) is 0 Å². The minimum atomic E-state index is -0.898. The van der Waals surface area contributed by atoms with Gasteiger partial charge in [0.1, 0.15) is 5.75 Å². The van der Waals surface area contributed by atoms with Gasteiger partial charge in [0.2, 0.25) is 0 Å². The van der Waals surface area contributed by atoms with Crippen LogP contribution in [-0.4, -0.2) is 34.5 Å². The zero-order valence-electron chi connectivity index (χ0n) is 17.7. The van der Waals surface area contributed by atoms with E-state index in [-0.39, 0.29) is 29.3 Å². The number of phenolic OH excluding ortho intramolecular Hbond substituents is 1. The van der Waals surface area contributed by atoms with Crippen molar-refractivity contribution in [1.82, 2.24) is 0 Å². The first-order chi connectivity index (χ1) is 14.8. The lowest BCUT2D eigenvalue weighted by atomic mass is 9.91. The Morgan fingerprint density at radius 2 is 1.77 bits per heavy atom. The summed E-state index contributed by atoms with van der Waals surface area (Å²) in [6.45, 7) is 5.54. The monoisotopic (exact) mass is 423 g/mol. The highest BCUT2D eigenvalue weighted by Crippen LogP contribution is 2.42. The molecule has 0 aliphatic carbocycles. The number of rotatable bonds is 7. The zero-order chi connectivity index (χ0) is 22.7. The second-order valence-corrected chi connectivity index (χ2v) is 7.64. The molecule has 0 saturated carbocycles. The number of aromatic hydroxyl groups is 1. The average Bonchev–Trinajstić information content (AvgIpc) is 3.02.